The Bertz CT molecular complexity index is 536. The maximum Gasteiger partial charge on any atom is 0.306 e. The van der Waals surface area contributed by atoms with Gasteiger partial charge in [0.25, 0.3) is 5.91 Å². The molecule has 0 unspecified atom stereocenters. The second-order valence-electron chi connectivity index (χ2n) is 5.42. The van der Waals surface area contributed by atoms with Crippen molar-refractivity contribution in [2.45, 2.75) is 38.6 Å². The topological polar surface area (TPSA) is 75.7 Å². The van der Waals surface area contributed by atoms with E-state index in [9.17, 15) is 14.4 Å². The van der Waals surface area contributed by atoms with Crippen molar-refractivity contribution in [3.8, 4) is 0 Å². The van der Waals surface area contributed by atoms with Crippen molar-refractivity contribution >= 4 is 29.1 Å². The summed E-state index contributed by atoms with van der Waals surface area (Å²) in [6, 6.07) is 3.77. The summed E-state index contributed by atoms with van der Waals surface area (Å²) < 4.78 is 4.80. The third-order valence-corrected chi connectivity index (χ3v) is 4.60. The third kappa shape index (κ3) is 5.35. The average molecular weight is 338 g/mol. The van der Waals surface area contributed by atoms with Crippen LogP contribution in [0.1, 0.15) is 42.3 Å². The Kier molecular flexibility index (Phi) is 6.58. The largest absolute Gasteiger partial charge is 0.466 e. The number of esters is 1. The summed E-state index contributed by atoms with van der Waals surface area (Å²) in [6.45, 7) is 3.35. The normalized spacial score (nSPS) is 15.3. The molecule has 0 radical (unpaired) electrons. The lowest BCUT2D eigenvalue weighted by molar-refractivity contribution is -0.144. The molecule has 1 aliphatic heterocycles. The lowest BCUT2D eigenvalue weighted by Gasteiger charge is -2.32. The number of thiophene rings is 1. The molecule has 2 heterocycles. The summed E-state index contributed by atoms with van der Waals surface area (Å²) in [7, 11) is 0. The number of piperidine rings is 1. The minimum Gasteiger partial charge on any atom is -0.466 e. The van der Waals surface area contributed by atoms with Crippen LogP contribution < -0.4 is 5.32 Å². The number of hydrogen-bond donors (Lipinski definition) is 1. The Hall–Kier alpha value is -1.89. The molecule has 1 aromatic heterocycles. The quantitative estimate of drug-likeness (QED) is 0.803. The van der Waals surface area contributed by atoms with Crippen LogP contribution in [0.5, 0.6) is 0 Å². The Balaban J connectivity index is 1.69. The van der Waals surface area contributed by atoms with Crippen molar-refractivity contribution in [2.75, 3.05) is 19.7 Å². The molecule has 2 rings (SSSR count). The molecule has 0 aromatic carbocycles. The number of rotatable bonds is 6. The second kappa shape index (κ2) is 8.67. The minimum atomic E-state index is -0.348. The summed E-state index contributed by atoms with van der Waals surface area (Å²) >= 11 is 1.44. The fraction of sp³-hybridized carbons (Fsp3) is 0.562. The van der Waals surface area contributed by atoms with E-state index in [0.29, 0.717) is 19.7 Å². The molecule has 1 fully saturated rings. The number of carbonyl (C=O) groups is 3. The van der Waals surface area contributed by atoms with Gasteiger partial charge in [-0.05, 0) is 31.2 Å². The molecule has 23 heavy (non-hydrogen) atoms. The molecule has 6 nitrogen and oxygen atoms in total. The number of likely N-dealkylation sites (tertiary alicyclic amines) is 1. The fourth-order valence-corrected chi connectivity index (χ4v) is 3.22. The van der Waals surface area contributed by atoms with Gasteiger partial charge in [0.15, 0.2) is 0 Å². The zero-order valence-corrected chi connectivity index (χ0v) is 14.1. The third-order valence-electron chi connectivity index (χ3n) is 3.74. The number of nitrogens with zero attached hydrogens (tertiary/aromatic N) is 1. The van der Waals surface area contributed by atoms with Gasteiger partial charge in [-0.3, -0.25) is 14.4 Å². The summed E-state index contributed by atoms with van der Waals surface area (Å²) in [5.74, 6) is -0.424. The average Bonchev–Trinajstić information content (AvgIpc) is 3.08. The van der Waals surface area contributed by atoms with Crippen LogP contribution in [0, 0.1) is 0 Å². The van der Waals surface area contributed by atoms with Gasteiger partial charge in [-0.1, -0.05) is 6.07 Å². The van der Waals surface area contributed by atoms with E-state index in [1.54, 1.807) is 6.92 Å². The van der Waals surface area contributed by atoms with Crippen LogP contribution in [0.25, 0.3) is 0 Å². The standard InChI is InChI=1S/C16H22N2O4S/c1-2-22-15(20)6-5-14(19)17-12-7-9-18(10-8-12)16(21)13-4-3-11-23-13/h3-4,11-12H,2,5-10H2,1H3,(H,17,19). The molecule has 1 N–H and O–H groups in total. The molecule has 1 aromatic rings. The first-order chi connectivity index (χ1) is 11.1. The molecule has 0 saturated carbocycles. The molecule has 0 spiro atoms. The van der Waals surface area contributed by atoms with E-state index in [1.165, 1.54) is 11.3 Å². The van der Waals surface area contributed by atoms with Gasteiger partial charge < -0.3 is 15.0 Å². The van der Waals surface area contributed by atoms with Crippen LogP contribution in [-0.2, 0) is 14.3 Å². The lowest BCUT2D eigenvalue weighted by atomic mass is 10.0. The second-order valence-corrected chi connectivity index (χ2v) is 6.36. The summed E-state index contributed by atoms with van der Waals surface area (Å²) in [5.41, 5.74) is 0. The molecular formula is C16H22N2O4S. The number of ether oxygens (including phenoxy) is 1. The van der Waals surface area contributed by atoms with Gasteiger partial charge in [-0.25, -0.2) is 0 Å². The van der Waals surface area contributed by atoms with E-state index in [1.807, 2.05) is 22.4 Å². The van der Waals surface area contributed by atoms with E-state index in [2.05, 4.69) is 5.32 Å². The van der Waals surface area contributed by atoms with Crippen molar-refractivity contribution < 1.29 is 19.1 Å². The van der Waals surface area contributed by atoms with Crippen LogP contribution in [-0.4, -0.2) is 48.4 Å². The van der Waals surface area contributed by atoms with Gasteiger partial charge in [-0.15, -0.1) is 11.3 Å². The van der Waals surface area contributed by atoms with Gasteiger partial charge in [0.1, 0.15) is 0 Å². The highest BCUT2D eigenvalue weighted by molar-refractivity contribution is 7.12. The number of hydrogen-bond acceptors (Lipinski definition) is 5. The van der Waals surface area contributed by atoms with E-state index < -0.39 is 0 Å². The minimum absolute atomic E-state index is 0.0621. The van der Waals surface area contributed by atoms with Gasteiger partial charge >= 0.3 is 5.97 Å². The zero-order valence-electron chi connectivity index (χ0n) is 13.2. The Morgan fingerprint density at radius 3 is 2.65 bits per heavy atom. The smallest absolute Gasteiger partial charge is 0.306 e. The molecule has 126 valence electrons. The zero-order chi connectivity index (χ0) is 16.7. The Labute approximate surface area is 139 Å². The summed E-state index contributed by atoms with van der Waals surface area (Å²) in [5, 5.41) is 4.82. The van der Waals surface area contributed by atoms with E-state index in [0.717, 1.165) is 17.7 Å². The van der Waals surface area contributed by atoms with Crippen molar-refractivity contribution in [1.82, 2.24) is 10.2 Å². The molecule has 7 heteroatoms. The molecule has 0 bridgehead atoms. The predicted molar refractivity (Wildman–Crippen MR) is 87.3 cm³/mol. The SMILES string of the molecule is CCOC(=O)CCC(=O)NC1CCN(C(=O)c2cccs2)CC1. The summed E-state index contributed by atoms with van der Waals surface area (Å²) in [4.78, 5) is 37.9. The fourth-order valence-electron chi connectivity index (χ4n) is 2.53. The molecular weight excluding hydrogens is 316 g/mol. The molecule has 1 saturated heterocycles. The molecule has 1 aliphatic rings. The van der Waals surface area contributed by atoms with Gasteiger partial charge in [0.05, 0.1) is 17.9 Å². The lowest BCUT2D eigenvalue weighted by Crippen LogP contribution is -2.46. The Morgan fingerprint density at radius 2 is 2.04 bits per heavy atom. The van der Waals surface area contributed by atoms with Gasteiger partial charge in [-0.2, -0.15) is 0 Å². The first kappa shape index (κ1) is 17.5. The van der Waals surface area contributed by atoms with Gasteiger partial charge in [0.2, 0.25) is 5.91 Å². The monoisotopic (exact) mass is 338 g/mol. The molecule has 0 atom stereocenters. The van der Waals surface area contributed by atoms with Crippen LogP contribution in [0.4, 0.5) is 0 Å². The van der Waals surface area contributed by atoms with Crippen LogP contribution in [0.15, 0.2) is 17.5 Å². The van der Waals surface area contributed by atoms with E-state index >= 15 is 0 Å². The van der Waals surface area contributed by atoms with Crippen LogP contribution in [0.2, 0.25) is 0 Å². The van der Waals surface area contributed by atoms with Gasteiger partial charge in [0, 0.05) is 25.6 Å². The van der Waals surface area contributed by atoms with Crippen molar-refractivity contribution in [1.29, 1.82) is 0 Å². The first-order valence-electron chi connectivity index (χ1n) is 7.88. The molecule has 0 aliphatic carbocycles. The van der Waals surface area contributed by atoms with E-state index in [-0.39, 0.29) is 36.7 Å². The highest BCUT2D eigenvalue weighted by Crippen LogP contribution is 2.17. The predicted octanol–water partition coefficient (Wildman–Crippen LogP) is 1.81. The highest BCUT2D eigenvalue weighted by atomic mass is 32.1. The maximum atomic E-state index is 12.2. The number of nitrogens with one attached hydrogen (secondary N) is 1. The van der Waals surface area contributed by atoms with Crippen molar-refractivity contribution in [2.24, 2.45) is 0 Å². The van der Waals surface area contributed by atoms with Crippen LogP contribution in [0.3, 0.4) is 0 Å². The van der Waals surface area contributed by atoms with Crippen molar-refractivity contribution in [3.63, 3.8) is 0 Å². The number of amides is 2. The Morgan fingerprint density at radius 1 is 1.30 bits per heavy atom. The first-order valence-corrected chi connectivity index (χ1v) is 8.76. The number of carbonyl (C=O) groups excluding carboxylic acids is 3. The van der Waals surface area contributed by atoms with Crippen LogP contribution >= 0.6 is 11.3 Å². The summed E-state index contributed by atoms with van der Waals surface area (Å²) in [6.07, 6.45) is 1.73. The van der Waals surface area contributed by atoms with Crippen molar-refractivity contribution in [3.05, 3.63) is 22.4 Å². The highest BCUT2D eigenvalue weighted by Gasteiger charge is 2.25. The van der Waals surface area contributed by atoms with E-state index in [4.69, 9.17) is 4.74 Å². The molecule has 2 amide bonds. The maximum absolute atomic E-state index is 12.2.